The predicted octanol–water partition coefficient (Wildman–Crippen LogP) is 0.281. The standard InChI is InChI=1S/C16H27N5O3S/c1-10-15(11(2)20-19-10)25(23,24)21-7-5-13(6-8-21)16(22)18-9-14(17)12-3-4-12/h12-14H,3-9,17H2,1-2H3,(H,18,22)(H,19,20). The fraction of sp³-hybridized carbons (Fsp3) is 0.750. The van der Waals surface area contributed by atoms with Crippen molar-refractivity contribution in [2.75, 3.05) is 19.6 Å². The summed E-state index contributed by atoms with van der Waals surface area (Å²) in [5.41, 5.74) is 7.03. The van der Waals surface area contributed by atoms with E-state index >= 15 is 0 Å². The van der Waals surface area contributed by atoms with Crippen molar-refractivity contribution in [2.24, 2.45) is 17.6 Å². The first-order valence-electron chi connectivity index (χ1n) is 8.85. The Morgan fingerprint density at radius 2 is 1.96 bits per heavy atom. The van der Waals surface area contributed by atoms with Crippen molar-refractivity contribution < 1.29 is 13.2 Å². The van der Waals surface area contributed by atoms with E-state index in [1.807, 2.05) is 0 Å². The molecule has 1 atom stereocenters. The van der Waals surface area contributed by atoms with Gasteiger partial charge in [0, 0.05) is 31.6 Å². The average Bonchev–Trinajstić information content (AvgIpc) is 3.37. The van der Waals surface area contributed by atoms with E-state index < -0.39 is 10.0 Å². The van der Waals surface area contributed by atoms with Crippen molar-refractivity contribution in [2.45, 2.75) is 50.5 Å². The number of nitrogens with one attached hydrogen (secondary N) is 2. The SMILES string of the molecule is Cc1n[nH]c(C)c1S(=O)(=O)N1CCC(C(=O)NCC(N)C2CC2)CC1. The molecule has 9 heteroatoms. The average molecular weight is 369 g/mol. The van der Waals surface area contributed by atoms with Gasteiger partial charge in [-0.1, -0.05) is 0 Å². The van der Waals surface area contributed by atoms with Gasteiger partial charge in [-0.05, 0) is 45.4 Å². The lowest BCUT2D eigenvalue weighted by Crippen LogP contribution is -2.45. The van der Waals surface area contributed by atoms with Crippen molar-refractivity contribution in [3.63, 3.8) is 0 Å². The molecule has 1 amide bonds. The first-order valence-corrected chi connectivity index (χ1v) is 10.3. The third kappa shape index (κ3) is 3.88. The van der Waals surface area contributed by atoms with Crippen LogP contribution in [0.25, 0.3) is 0 Å². The molecular formula is C16H27N5O3S. The maximum absolute atomic E-state index is 12.8. The van der Waals surface area contributed by atoms with Gasteiger partial charge in [0.05, 0.1) is 11.4 Å². The Balaban J connectivity index is 1.55. The topological polar surface area (TPSA) is 121 Å². The summed E-state index contributed by atoms with van der Waals surface area (Å²) >= 11 is 0. The summed E-state index contributed by atoms with van der Waals surface area (Å²) in [5.74, 6) is 0.391. The van der Waals surface area contributed by atoms with E-state index in [0.717, 1.165) is 12.8 Å². The number of sulfonamides is 1. The largest absolute Gasteiger partial charge is 0.354 e. The number of nitrogens with two attached hydrogens (primary N) is 1. The number of piperidine rings is 1. The molecule has 0 aromatic carbocycles. The van der Waals surface area contributed by atoms with Crippen LogP contribution in [0, 0.1) is 25.7 Å². The van der Waals surface area contributed by atoms with Gasteiger partial charge in [0.25, 0.3) is 0 Å². The molecule has 0 radical (unpaired) electrons. The molecule has 1 aromatic rings. The molecule has 2 aliphatic rings. The maximum atomic E-state index is 12.8. The van der Waals surface area contributed by atoms with E-state index in [0.29, 0.717) is 49.8 Å². The number of aromatic nitrogens is 2. The molecule has 8 nitrogen and oxygen atoms in total. The summed E-state index contributed by atoms with van der Waals surface area (Å²) in [5, 5.41) is 9.62. The zero-order chi connectivity index (χ0) is 18.2. The number of nitrogens with zero attached hydrogens (tertiary/aromatic N) is 2. The molecule has 1 aliphatic heterocycles. The second-order valence-corrected chi connectivity index (χ2v) is 9.06. The van der Waals surface area contributed by atoms with Crippen LogP contribution in [0.5, 0.6) is 0 Å². The van der Waals surface area contributed by atoms with Crippen molar-refractivity contribution in [1.29, 1.82) is 0 Å². The third-order valence-corrected chi connectivity index (χ3v) is 7.39. The highest BCUT2D eigenvalue weighted by molar-refractivity contribution is 7.89. The fourth-order valence-corrected chi connectivity index (χ4v) is 5.26. The first-order chi connectivity index (χ1) is 11.8. The number of aromatic amines is 1. The lowest BCUT2D eigenvalue weighted by atomic mass is 9.97. The zero-order valence-corrected chi connectivity index (χ0v) is 15.6. The van der Waals surface area contributed by atoms with Crippen LogP contribution >= 0.6 is 0 Å². The maximum Gasteiger partial charge on any atom is 0.246 e. The predicted molar refractivity (Wildman–Crippen MR) is 93.3 cm³/mol. The van der Waals surface area contributed by atoms with Crippen LogP contribution in [0.2, 0.25) is 0 Å². The van der Waals surface area contributed by atoms with Crippen LogP contribution in [-0.2, 0) is 14.8 Å². The Morgan fingerprint density at radius 1 is 1.32 bits per heavy atom. The number of hydrogen-bond donors (Lipinski definition) is 3. The van der Waals surface area contributed by atoms with Gasteiger partial charge < -0.3 is 11.1 Å². The highest BCUT2D eigenvalue weighted by Gasteiger charge is 2.35. The molecule has 140 valence electrons. The van der Waals surface area contributed by atoms with Crippen molar-refractivity contribution in [3.05, 3.63) is 11.4 Å². The quantitative estimate of drug-likeness (QED) is 0.665. The van der Waals surface area contributed by atoms with Gasteiger partial charge in [-0.2, -0.15) is 9.40 Å². The lowest BCUT2D eigenvalue weighted by Gasteiger charge is -2.30. The molecule has 25 heavy (non-hydrogen) atoms. The number of aryl methyl sites for hydroxylation is 2. The van der Waals surface area contributed by atoms with Crippen molar-refractivity contribution >= 4 is 15.9 Å². The summed E-state index contributed by atoms with van der Waals surface area (Å²) in [6.45, 7) is 4.59. The van der Waals surface area contributed by atoms with Gasteiger partial charge in [-0.3, -0.25) is 9.89 Å². The van der Waals surface area contributed by atoms with E-state index in [-0.39, 0.29) is 22.8 Å². The summed E-state index contributed by atoms with van der Waals surface area (Å²) in [4.78, 5) is 12.5. The Hall–Kier alpha value is -1.45. The van der Waals surface area contributed by atoms with E-state index in [1.54, 1.807) is 13.8 Å². The van der Waals surface area contributed by atoms with E-state index in [9.17, 15) is 13.2 Å². The van der Waals surface area contributed by atoms with Crippen LogP contribution in [-0.4, -0.2) is 54.5 Å². The van der Waals surface area contributed by atoms with Gasteiger partial charge in [0.1, 0.15) is 4.90 Å². The number of hydrogen-bond acceptors (Lipinski definition) is 5. The summed E-state index contributed by atoms with van der Waals surface area (Å²) < 4.78 is 27.1. The van der Waals surface area contributed by atoms with E-state index in [1.165, 1.54) is 4.31 Å². The second-order valence-electron chi connectivity index (χ2n) is 7.19. The van der Waals surface area contributed by atoms with E-state index in [4.69, 9.17) is 5.73 Å². The fourth-order valence-electron chi connectivity index (χ4n) is 3.46. The number of carbonyl (C=O) groups is 1. The van der Waals surface area contributed by atoms with Gasteiger partial charge in [-0.25, -0.2) is 8.42 Å². The van der Waals surface area contributed by atoms with Crippen LogP contribution in [0.4, 0.5) is 0 Å². The monoisotopic (exact) mass is 369 g/mol. The highest BCUT2D eigenvalue weighted by atomic mass is 32.2. The number of H-pyrrole nitrogens is 1. The normalized spacial score (nSPS) is 21.2. The molecule has 1 saturated heterocycles. The smallest absolute Gasteiger partial charge is 0.246 e. The molecule has 1 aromatic heterocycles. The van der Waals surface area contributed by atoms with Crippen molar-refractivity contribution in [3.8, 4) is 0 Å². The summed E-state index contributed by atoms with van der Waals surface area (Å²) in [6, 6.07) is 0.0384. The molecule has 2 fully saturated rings. The van der Waals surface area contributed by atoms with Crippen LogP contribution in [0.3, 0.4) is 0 Å². The molecule has 1 unspecified atom stereocenters. The first kappa shape index (κ1) is 18.3. The minimum atomic E-state index is -3.57. The Kier molecular flexibility index (Phi) is 5.17. The Morgan fingerprint density at radius 3 is 2.48 bits per heavy atom. The minimum Gasteiger partial charge on any atom is -0.354 e. The number of carbonyl (C=O) groups excluding carboxylic acids is 1. The van der Waals surface area contributed by atoms with Crippen molar-refractivity contribution in [1.82, 2.24) is 19.8 Å². The number of rotatable bonds is 6. The molecule has 3 rings (SSSR count). The number of amides is 1. The van der Waals surface area contributed by atoms with Gasteiger partial charge in [0.2, 0.25) is 15.9 Å². The third-order valence-electron chi connectivity index (χ3n) is 5.22. The molecular weight excluding hydrogens is 342 g/mol. The summed E-state index contributed by atoms with van der Waals surface area (Å²) in [7, 11) is -3.57. The van der Waals surface area contributed by atoms with Gasteiger partial charge >= 0.3 is 0 Å². The van der Waals surface area contributed by atoms with Gasteiger partial charge in [0.15, 0.2) is 0 Å². The zero-order valence-electron chi connectivity index (χ0n) is 14.8. The second kappa shape index (κ2) is 7.05. The Bertz CT molecular complexity index is 713. The van der Waals surface area contributed by atoms with Crippen LogP contribution < -0.4 is 11.1 Å². The highest BCUT2D eigenvalue weighted by Crippen LogP contribution is 2.31. The lowest BCUT2D eigenvalue weighted by molar-refractivity contribution is -0.126. The molecule has 0 bridgehead atoms. The molecule has 4 N–H and O–H groups in total. The van der Waals surface area contributed by atoms with Crippen LogP contribution in [0.15, 0.2) is 4.90 Å². The summed E-state index contributed by atoms with van der Waals surface area (Å²) in [6.07, 6.45) is 3.36. The van der Waals surface area contributed by atoms with Gasteiger partial charge in [-0.15, -0.1) is 0 Å². The Labute approximate surface area is 148 Å². The molecule has 1 aliphatic carbocycles. The molecule has 2 heterocycles. The molecule has 0 spiro atoms. The molecule has 1 saturated carbocycles. The van der Waals surface area contributed by atoms with Crippen LogP contribution in [0.1, 0.15) is 37.1 Å². The van der Waals surface area contributed by atoms with E-state index in [2.05, 4.69) is 15.5 Å². The minimum absolute atomic E-state index is 0.0104.